The van der Waals surface area contributed by atoms with E-state index in [4.69, 9.17) is 0 Å². The number of carbonyl (C=O) groups excluding carboxylic acids is 1. The summed E-state index contributed by atoms with van der Waals surface area (Å²) in [6.45, 7) is 7.44. The highest BCUT2D eigenvalue weighted by molar-refractivity contribution is 5.93. The van der Waals surface area contributed by atoms with Crippen LogP contribution in [0.5, 0.6) is 0 Å². The fraction of sp³-hybridized carbons (Fsp3) is 0.692. The van der Waals surface area contributed by atoms with Gasteiger partial charge in [0.2, 0.25) is 0 Å². The van der Waals surface area contributed by atoms with Crippen LogP contribution in [0.15, 0.2) is 12.4 Å². The first-order valence-electron chi connectivity index (χ1n) is 6.86. The smallest absolute Gasteiger partial charge is 0.254 e. The van der Waals surface area contributed by atoms with Gasteiger partial charge in [-0.15, -0.1) is 0 Å². The molecule has 0 aliphatic carbocycles. The molecule has 0 unspecified atom stereocenters. The summed E-state index contributed by atoms with van der Waals surface area (Å²) in [6, 6.07) is 0.512. The van der Waals surface area contributed by atoms with Crippen LogP contribution in [0, 0.1) is 0 Å². The second-order valence-electron chi connectivity index (χ2n) is 5.22. The summed E-state index contributed by atoms with van der Waals surface area (Å²) in [5, 5.41) is 9.34. The average molecular weight is 265 g/mol. The highest BCUT2D eigenvalue weighted by atomic mass is 16.1. The summed E-state index contributed by atoms with van der Waals surface area (Å²) in [6.07, 6.45) is 4.13. The van der Waals surface area contributed by atoms with Crippen LogP contribution in [0.3, 0.4) is 0 Å². The number of nitrogens with zero attached hydrogens (tertiary/aromatic N) is 3. The first-order valence-corrected chi connectivity index (χ1v) is 6.86. The third-order valence-electron chi connectivity index (χ3n) is 3.77. The molecule has 1 aromatic heterocycles. The molecule has 0 aromatic carbocycles. The van der Waals surface area contributed by atoms with E-state index in [1.54, 1.807) is 12.4 Å². The lowest BCUT2D eigenvalue weighted by Gasteiger charge is -2.36. The number of amides is 1. The summed E-state index contributed by atoms with van der Waals surface area (Å²) < 4.78 is 0. The van der Waals surface area contributed by atoms with E-state index < -0.39 is 0 Å². The molecular formula is C13H23N5O. The summed E-state index contributed by atoms with van der Waals surface area (Å²) in [4.78, 5) is 16.6. The fourth-order valence-electron chi connectivity index (χ4n) is 2.32. The van der Waals surface area contributed by atoms with Gasteiger partial charge in [0.1, 0.15) is 0 Å². The second kappa shape index (κ2) is 6.68. The van der Waals surface area contributed by atoms with E-state index in [0.717, 1.165) is 32.6 Å². The van der Waals surface area contributed by atoms with Crippen molar-refractivity contribution in [2.24, 2.45) is 0 Å². The minimum atomic E-state index is -0.0562. The highest BCUT2D eigenvalue weighted by Gasteiger charge is 2.18. The predicted octanol–water partition coefficient (Wildman–Crippen LogP) is 0.166. The number of hydrogen-bond donors (Lipinski definition) is 2. The first-order chi connectivity index (χ1) is 9.16. The molecule has 2 N–H and O–H groups in total. The van der Waals surface area contributed by atoms with Gasteiger partial charge in [0.25, 0.3) is 5.91 Å². The Morgan fingerprint density at radius 1 is 1.47 bits per heavy atom. The van der Waals surface area contributed by atoms with E-state index in [1.165, 1.54) is 0 Å². The molecule has 0 bridgehead atoms. The number of aromatic nitrogens is 2. The van der Waals surface area contributed by atoms with Crippen molar-refractivity contribution >= 4 is 5.91 Å². The van der Waals surface area contributed by atoms with Crippen molar-refractivity contribution in [1.29, 1.82) is 0 Å². The number of hydrogen-bond acceptors (Lipinski definition) is 4. The highest BCUT2D eigenvalue weighted by Crippen LogP contribution is 2.07. The number of rotatable bonds is 5. The third-order valence-corrected chi connectivity index (χ3v) is 3.77. The molecule has 0 spiro atoms. The molecule has 0 radical (unpaired) electrons. The van der Waals surface area contributed by atoms with E-state index >= 15 is 0 Å². The largest absolute Gasteiger partial charge is 0.352 e. The molecule has 6 nitrogen and oxygen atoms in total. The fourth-order valence-corrected chi connectivity index (χ4v) is 2.32. The van der Waals surface area contributed by atoms with Crippen LogP contribution in [0.4, 0.5) is 0 Å². The zero-order valence-electron chi connectivity index (χ0n) is 11.7. The molecule has 1 saturated heterocycles. The first kappa shape index (κ1) is 14.0. The van der Waals surface area contributed by atoms with Gasteiger partial charge in [-0.2, -0.15) is 5.10 Å². The van der Waals surface area contributed by atoms with E-state index in [1.807, 2.05) is 0 Å². The monoisotopic (exact) mass is 265 g/mol. The van der Waals surface area contributed by atoms with Crippen LogP contribution in [-0.4, -0.2) is 71.7 Å². The lowest BCUT2D eigenvalue weighted by atomic mass is 10.1. The topological polar surface area (TPSA) is 64.3 Å². The van der Waals surface area contributed by atoms with Gasteiger partial charge in [-0.05, 0) is 20.4 Å². The van der Waals surface area contributed by atoms with E-state index in [9.17, 15) is 4.79 Å². The molecule has 1 aliphatic heterocycles. The van der Waals surface area contributed by atoms with Gasteiger partial charge in [0.05, 0.1) is 11.8 Å². The SMILES string of the molecule is C[C@@H](CCNC(=O)c1cn[nH]c1)N1CCN(C)CC1. The maximum atomic E-state index is 11.7. The predicted molar refractivity (Wildman–Crippen MR) is 74.1 cm³/mol. The molecule has 2 rings (SSSR count). The maximum Gasteiger partial charge on any atom is 0.254 e. The Labute approximate surface area is 114 Å². The molecule has 1 atom stereocenters. The summed E-state index contributed by atoms with van der Waals surface area (Å²) in [5.74, 6) is -0.0562. The standard InChI is InChI=1S/C13H23N5O/c1-11(18-7-5-17(2)6-8-18)3-4-14-13(19)12-9-15-16-10-12/h9-11H,3-8H2,1-2H3,(H,14,19)(H,15,16)/t11-/m0/s1. The zero-order valence-corrected chi connectivity index (χ0v) is 11.7. The molecule has 1 aliphatic rings. The minimum Gasteiger partial charge on any atom is -0.352 e. The van der Waals surface area contributed by atoms with Crippen molar-refractivity contribution in [1.82, 2.24) is 25.3 Å². The Kier molecular flexibility index (Phi) is 4.93. The summed E-state index contributed by atoms with van der Waals surface area (Å²) in [5.41, 5.74) is 0.590. The molecule has 0 saturated carbocycles. The van der Waals surface area contributed by atoms with Crippen molar-refractivity contribution in [2.75, 3.05) is 39.8 Å². The Morgan fingerprint density at radius 2 is 2.21 bits per heavy atom. The molecule has 1 aromatic rings. The number of nitrogens with one attached hydrogen (secondary N) is 2. The molecule has 6 heteroatoms. The van der Waals surface area contributed by atoms with Gasteiger partial charge in [-0.1, -0.05) is 0 Å². The number of aromatic amines is 1. The van der Waals surface area contributed by atoms with Gasteiger partial charge >= 0.3 is 0 Å². The normalized spacial score (nSPS) is 19.3. The van der Waals surface area contributed by atoms with Crippen LogP contribution in [0.1, 0.15) is 23.7 Å². The lowest BCUT2D eigenvalue weighted by Crippen LogP contribution is -2.48. The Hall–Kier alpha value is -1.40. The Bertz CT molecular complexity index is 384. The second-order valence-corrected chi connectivity index (χ2v) is 5.22. The number of carbonyl (C=O) groups is 1. The van der Waals surface area contributed by atoms with Crippen molar-refractivity contribution in [3.63, 3.8) is 0 Å². The summed E-state index contributed by atoms with van der Waals surface area (Å²) >= 11 is 0. The van der Waals surface area contributed by atoms with E-state index in [2.05, 4.69) is 39.3 Å². The number of H-pyrrole nitrogens is 1. The van der Waals surface area contributed by atoms with Crippen molar-refractivity contribution in [2.45, 2.75) is 19.4 Å². The third kappa shape index (κ3) is 4.04. The molecular weight excluding hydrogens is 242 g/mol. The minimum absolute atomic E-state index is 0.0562. The van der Waals surface area contributed by atoms with E-state index in [0.29, 0.717) is 18.2 Å². The Balaban J connectivity index is 1.66. The van der Waals surface area contributed by atoms with Crippen LogP contribution in [0.2, 0.25) is 0 Å². The quantitative estimate of drug-likeness (QED) is 0.796. The lowest BCUT2D eigenvalue weighted by molar-refractivity contribution is 0.0935. The number of piperazine rings is 1. The van der Waals surface area contributed by atoms with Crippen molar-refractivity contribution < 1.29 is 4.79 Å². The zero-order chi connectivity index (χ0) is 13.7. The van der Waals surface area contributed by atoms with Gasteiger partial charge < -0.3 is 10.2 Å². The van der Waals surface area contributed by atoms with E-state index in [-0.39, 0.29) is 5.91 Å². The molecule has 2 heterocycles. The molecule has 1 fully saturated rings. The van der Waals surface area contributed by atoms with Gasteiger partial charge in [-0.3, -0.25) is 14.8 Å². The molecule has 19 heavy (non-hydrogen) atoms. The van der Waals surface area contributed by atoms with Crippen molar-refractivity contribution in [3.8, 4) is 0 Å². The average Bonchev–Trinajstić information content (AvgIpc) is 2.93. The number of likely N-dealkylation sites (N-methyl/N-ethyl adjacent to an activating group) is 1. The molecule has 1 amide bonds. The van der Waals surface area contributed by atoms with Crippen molar-refractivity contribution in [3.05, 3.63) is 18.0 Å². The van der Waals surface area contributed by atoms with Crippen LogP contribution in [-0.2, 0) is 0 Å². The van der Waals surface area contributed by atoms with Gasteiger partial charge in [-0.25, -0.2) is 0 Å². The van der Waals surface area contributed by atoms with Gasteiger partial charge in [0, 0.05) is 45.0 Å². The van der Waals surface area contributed by atoms with Crippen LogP contribution in [0.25, 0.3) is 0 Å². The summed E-state index contributed by atoms with van der Waals surface area (Å²) in [7, 11) is 2.16. The molecule has 106 valence electrons. The van der Waals surface area contributed by atoms with Crippen LogP contribution < -0.4 is 5.32 Å². The maximum absolute atomic E-state index is 11.7. The Morgan fingerprint density at radius 3 is 2.84 bits per heavy atom. The van der Waals surface area contributed by atoms with Crippen LogP contribution >= 0.6 is 0 Å². The van der Waals surface area contributed by atoms with Gasteiger partial charge in [0.15, 0.2) is 0 Å².